The highest BCUT2D eigenvalue weighted by molar-refractivity contribution is 5.01. The van der Waals surface area contributed by atoms with E-state index in [1.54, 1.807) is 0 Å². The smallest absolute Gasteiger partial charge is 0.0687 e. The second-order valence-corrected chi connectivity index (χ2v) is 5.53. The monoisotopic (exact) mass is 213 g/mol. The lowest BCUT2D eigenvalue weighted by Gasteiger charge is -2.42. The minimum Gasteiger partial charge on any atom is -0.390 e. The van der Waals surface area contributed by atoms with Crippen LogP contribution in [0, 0.1) is 11.3 Å². The van der Waals surface area contributed by atoms with Crippen LogP contribution >= 0.6 is 0 Å². The van der Waals surface area contributed by atoms with Crippen LogP contribution in [0.2, 0.25) is 0 Å². The first-order chi connectivity index (χ1) is 7.01. The summed E-state index contributed by atoms with van der Waals surface area (Å²) in [5, 5.41) is 10.6. The van der Waals surface area contributed by atoms with Crippen LogP contribution in [-0.4, -0.2) is 17.3 Å². The third-order valence-corrected chi connectivity index (χ3v) is 4.56. The minimum absolute atomic E-state index is 0.0102. The topological polar surface area (TPSA) is 46.2 Å². The molecule has 3 N–H and O–H groups in total. The molecule has 0 aromatic heterocycles. The van der Waals surface area contributed by atoms with E-state index < -0.39 is 5.60 Å². The van der Waals surface area contributed by atoms with Crippen molar-refractivity contribution in [3.63, 3.8) is 0 Å². The second-order valence-electron chi connectivity index (χ2n) is 5.53. The first-order valence-electron chi connectivity index (χ1n) is 6.44. The molecule has 0 amide bonds. The normalized spacial score (nSPS) is 35.4. The molecule has 2 nitrogen and oxygen atoms in total. The molecule has 0 heterocycles. The van der Waals surface area contributed by atoms with Crippen molar-refractivity contribution in [1.82, 2.24) is 0 Å². The van der Waals surface area contributed by atoms with E-state index in [0.29, 0.717) is 6.54 Å². The molecule has 1 saturated carbocycles. The Morgan fingerprint density at radius 3 is 2.53 bits per heavy atom. The molecule has 2 heteroatoms. The summed E-state index contributed by atoms with van der Waals surface area (Å²) in [7, 11) is 0. The Labute approximate surface area is 94.2 Å². The predicted octanol–water partition coefficient (Wildman–Crippen LogP) is 2.69. The molecule has 0 aliphatic heterocycles. The molecule has 3 atom stereocenters. The van der Waals surface area contributed by atoms with Crippen molar-refractivity contribution < 1.29 is 5.11 Å². The van der Waals surface area contributed by atoms with E-state index in [2.05, 4.69) is 13.8 Å². The van der Waals surface area contributed by atoms with E-state index in [1.165, 1.54) is 12.8 Å². The Balaban J connectivity index is 2.77. The number of aliphatic hydroxyl groups is 1. The first-order valence-corrected chi connectivity index (χ1v) is 6.44. The summed E-state index contributed by atoms with van der Waals surface area (Å²) >= 11 is 0. The van der Waals surface area contributed by atoms with E-state index in [-0.39, 0.29) is 5.41 Å². The molecule has 1 aliphatic rings. The molecular weight excluding hydrogens is 186 g/mol. The van der Waals surface area contributed by atoms with Gasteiger partial charge in [0.25, 0.3) is 0 Å². The van der Waals surface area contributed by atoms with Gasteiger partial charge in [-0.25, -0.2) is 0 Å². The summed E-state index contributed by atoms with van der Waals surface area (Å²) in [5.41, 5.74) is 5.36. The van der Waals surface area contributed by atoms with Gasteiger partial charge < -0.3 is 10.8 Å². The Hall–Kier alpha value is -0.0800. The number of rotatable bonds is 5. The van der Waals surface area contributed by atoms with Gasteiger partial charge in [-0.3, -0.25) is 0 Å². The van der Waals surface area contributed by atoms with Crippen molar-refractivity contribution >= 4 is 0 Å². The Bertz CT molecular complexity index is 203. The van der Waals surface area contributed by atoms with Gasteiger partial charge in [-0.05, 0) is 38.5 Å². The average Bonchev–Trinajstić information content (AvgIpc) is 2.62. The highest BCUT2D eigenvalue weighted by Crippen LogP contribution is 2.50. The van der Waals surface area contributed by atoms with Crippen molar-refractivity contribution in [1.29, 1.82) is 0 Å². The van der Waals surface area contributed by atoms with Gasteiger partial charge in [0.05, 0.1) is 5.60 Å². The van der Waals surface area contributed by atoms with E-state index >= 15 is 0 Å². The third-order valence-electron chi connectivity index (χ3n) is 4.56. The van der Waals surface area contributed by atoms with Gasteiger partial charge in [-0.2, -0.15) is 0 Å². The van der Waals surface area contributed by atoms with Gasteiger partial charge in [-0.1, -0.05) is 26.7 Å². The van der Waals surface area contributed by atoms with Gasteiger partial charge in [0.1, 0.15) is 0 Å². The summed E-state index contributed by atoms with van der Waals surface area (Å²) in [6, 6.07) is 0. The molecular formula is C13H27NO. The Morgan fingerprint density at radius 2 is 2.13 bits per heavy atom. The maximum absolute atomic E-state index is 10.6. The van der Waals surface area contributed by atoms with Crippen molar-refractivity contribution in [3.8, 4) is 0 Å². The van der Waals surface area contributed by atoms with Gasteiger partial charge in [-0.15, -0.1) is 0 Å². The van der Waals surface area contributed by atoms with Crippen LogP contribution in [0.3, 0.4) is 0 Å². The minimum atomic E-state index is -0.569. The lowest BCUT2D eigenvalue weighted by Crippen LogP contribution is -2.49. The molecule has 0 radical (unpaired) electrons. The van der Waals surface area contributed by atoms with Gasteiger partial charge in [0.15, 0.2) is 0 Å². The fourth-order valence-electron chi connectivity index (χ4n) is 3.23. The number of hydrogen-bond donors (Lipinski definition) is 2. The molecule has 1 aliphatic carbocycles. The SMILES string of the molecule is CCCC(C)(O)C1(CN)CCC(CC)C1. The van der Waals surface area contributed by atoms with Gasteiger partial charge in [0.2, 0.25) is 0 Å². The summed E-state index contributed by atoms with van der Waals surface area (Å²) in [5.74, 6) is 0.775. The molecule has 0 aromatic rings. The molecule has 0 saturated heterocycles. The fourth-order valence-corrected chi connectivity index (χ4v) is 3.23. The van der Waals surface area contributed by atoms with Gasteiger partial charge >= 0.3 is 0 Å². The highest BCUT2D eigenvalue weighted by atomic mass is 16.3. The van der Waals surface area contributed by atoms with Crippen molar-refractivity contribution in [2.24, 2.45) is 17.1 Å². The number of hydrogen-bond acceptors (Lipinski definition) is 2. The van der Waals surface area contributed by atoms with Gasteiger partial charge in [0, 0.05) is 12.0 Å². The summed E-state index contributed by atoms with van der Waals surface area (Å²) in [6.45, 7) is 6.99. The lowest BCUT2D eigenvalue weighted by molar-refractivity contribution is -0.0717. The molecule has 1 fully saturated rings. The maximum atomic E-state index is 10.6. The molecule has 1 rings (SSSR count). The molecule has 3 unspecified atom stereocenters. The van der Waals surface area contributed by atoms with E-state index in [4.69, 9.17) is 5.73 Å². The Kier molecular flexibility index (Phi) is 4.19. The predicted molar refractivity (Wildman–Crippen MR) is 64.7 cm³/mol. The quantitative estimate of drug-likeness (QED) is 0.737. The lowest BCUT2D eigenvalue weighted by atomic mass is 9.69. The highest BCUT2D eigenvalue weighted by Gasteiger charge is 2.49. The van der Waals surface area contributed by atoms with Crippen molar-refractivity contribution in [2.75, 3.05) is 6.54 Å². The zero-order valence-electron chi connectivity index (χ0n) is 10.6. The van der Waals surface area contributed by atoms with Crippen LogP contribution in [-0.2, 0) is 0 Å². The van der Waals surface area contributed by atoms with E-state index in [9.17, 15) is 5.11 Å². The first kappa shape index (κ1) is 13.0. The van der Waals surface area contributed by atoms with Crippen molar-refractivity contribution in [2.45, 2.75) is 64.9 Å². The molecule has 90 valence electrons. The molecule has 0 aromatic carbocycles. The van der Waals surface area contributed by atoms with Crippen molar-refractivity contribution in [3.05, 3.63) is 0 Å². The van der Waals surface area contributed by atoms with E-state index in [1.807, 2.05) is 6.92 Å². The van der Waals surface area contributed by atoms with Crippen LogP contribution < -0.4 is 5.73 Å². The summed E-state index contributed by atoms with van der Waals surface area (Å²) in [4.78, 5) is 0. The standard InChI is InChI=1S/C13H27NO/c1-4-7-12(3,15)13(10-14)8-6-11(5-2)9-13/h11,15H,4-10,14H2,1-3H3. The zero-order chi connectivity index (χ0) is 11.5. The average molecular weight is 213 g/mol. The van der Waals surface area contributed by atoms with Crippen LogP contribution in [0.4, 0.5) is 0 Å². The van der Waals surface area contributed by atoms with Crippen LogP contribution in [0.25, 0.3) is 0 Å². The molecule has 15 heavy (non-hydrogen) atoms. The molecule has 0 bridgehead atoms. The zero-order valence-corrected chi connectivity index (χ0v) is 10.6. The molecule has 0 spiro atoms. The Morgan fingerprint density at radius 1 is 1.47 bits per heavy atom. The summed E-state index contributed by atoms with van der Waals surface area (Å²) in [6.07, 6.45) is 6.60. The maximum Gasteiger partial charge on any atom is 0.0687 e. The second kappa shape index (κ2) is 4.84. The van der Waals surface area contributed by atoms with E-state index in [0.717, 1.165) is 31.6 Å². The summed E-state index contributed by atoms with van der Waals surface area (Å²) < 4.78 is 0. The van der Waals surface area contributed by atoms with Crippen LogP contribution in [0.5, 0.6) is 0 Å². The van der Waals surface area contributed by atoms with Crippen LogP contribution in [0.15, 0.2) is 0 Å². The largest absolute Gasteiger partial charge is 0.390 e. The number of nitrogens with two attached hydrogens (primary N) is 1. The third kappa shape index (κ3) is 2.36. The fraction of sp³-hybridized carbons (Fsp3) is 1.00. The van der Waals surface area contributed by atoms with Crippen LogP contribution in [0.1, 0.15) is 59.3 Å².